The van der Waals surface area contributed by atoms with Crippen molar-refractivity contribution in [1.82, 2.24) is 4.90 Å². The standard InChI is InChI=1S/C15H21F3N2O/c1-10(2)20(9-15(16,17)18)14(21)8-11(3)12-4-6-13(19)7-5-12/h4-7,10-11H,8-9,19H2,1-3H3. The van der Waals surface area contributed by atoms with E-state index in [1.165, 1.54) is 0 Å². The molecule has 0 saturated carbocycles. The molecular formula is C15H21F3N2O. The largest absolute Gasteiger partial charge is 0.406 e. The molecule has 0 aliphatic carbocycles. The van der Waals surface area contributed by atoms with E-state index in [0.717, 1.165) is 10.5 Å². The van der Waals surface area contributed by atoms with Crippen molar-refractivity contribution in [3.8, 4) is 0 Å². The fraction of sp³-hybridized carbons (Fsp3) is 0.533. The van der Waals surface area contributed by atoms with Crippen LogP contribution in [0, 0.1) is 0 Å². The minimum absolute atomic E-state index is 0.0399. The zero-order chi connectivity index (χ0) is 16.2. The Morgan fingerprint density at radius 3 is 2.14 bits per heavy atom. The van der Waals surface area contributed by atoms with Crippen LogP contribution < -0.4 is 5.73 Å². The SMILES string of the molecule is CC(CC(=O)N(CC(F)(F)F)C(C)C)c1ccc(N)cc1. The first-order valence-electron chi connectivity index (χ1n) is 6.82. The molecule has 3 nitrogen and oxygen atoms in total. The van der Waals surface area contributed by atoms with Gasteiger partial charge in [0, 0.05) is 18.2 Å². The van der Waals surface area contributed by atoms with E-state index in [1.54, 1.807) is 38.1 Å². The van der Waals surface area contributed by atoms with Crippen LogP contribution in [-0.2, 0) is 4.79 Å². The van der Waals surface area contributed by atoms with E-state index in [9.17, 15) is 18.0 Å². The molecule has 0 heterocycles. The van der Waals surface area contributed by atoms with Gasteiger partial charge in [0.2, 0.25) is 5.91 Å². The van der Waals surface area contributed by atoms with E-state index < -0.39 is 24.7 Å². The summed E-state index contributed by atoms with van der Waals surface area (Å²) < 4.78 is 37.6. The van der Waals surface area contributed by atoms with Gasteiger partial charge in [-0.05, 0) is 37.5 Å². The van der Waals surface area contributed by atoms with Crippen LogP contribution >= 0.6 is 0 Å². The summed E-state index contributed by atoms with van der Waals surface area (Å²) >= 11 is 0. The van der Waals surface area contributed by atoms with Gasteiger partial charge in [0.25, 0.3) is 0 Å². The highest BCUT2D eigenvalue weighted by Gasteiger charge is 2.34. The van der Waals surface area contributed by atoms with E-state index in [0.29, 0.717) is 5.69 Å². The molecule has 0 spiro atoms. The lowest BCUT2D eigenvalue weighted by Crippen LogP contribution is -2.43. The number of alkyl halides is 3. The maximum Gasteiger partial charge on any atom is 0.406 e. The van der Waals surface area contributed by atoms with E-state index >= 15 is 0 Å². The van der Waals surface area contributed by atoms with Crippen molar-refractivity contribution < 1.29 is 18.0 Å². The average molecular weight is 302 g/mol. The number of carbonyl (C=O) groups is 1. The van der Waals surface area contributed by atoms with Gasteiger partial charge in [-0.2, -0.15) is 13.2 Å². The van der Waals surface area contributed by atoms with Crippen molar-refractivity contribution in [3.05, 3.63) is 29.8 Å². The van der Waals surface area contributed by atoms with Crippen LogP contribution in [0.1, 0.15) is 38.7 Å². The lowest BCUT2D eigenvalue weighted by molar-refractivity contribution is -0.164. The highest BCUT2D eigenvalue weighted by molar-refractivity contribution is 5.77. The molecule has 0 fully saturated rings. The summed E-state index contributed by atoms with van der Waals surface area (Å²) in [5, 5.41) is 0. The van der Waals surface area contributed by atoms with Crippen LogP contribution in [0.25, 0.3) is 0 Å². The van der Waals surface area contributed by atoms with Crippen LogP contribution in [-0.4, -0.2) is 29.6 Å². The molecule has 1 atom stereocenters. The van der Waals surface area contributed by atoms with Gasteiger partial charge in [0.1, 0.15) is 6.54 Å². The third kappa shape index (κ3) is 5.65. The number of nitrogens with two attached hydrogens (primary N) is 1. The molecule has 0 aromatic heterocycles. The van der Waals surface area contributed by atoms with Gasteiger partial charge in [0.05, 0.1) is 0 Å². The summed E-state index contributed by atoms with van der Waals surface area (Å²) in [6, 6.07) is 6.52. The van der Waals surface area contributed by atoms with E-state index in [2.05, 4.69) is 0 Å². The summed E-state index contributed by atoms with van der Waals surface area (Å²) in [5.41, 5.74) is 7.08. The van der Waals surface area contributed by atoms with Crippen molar-refractivity contribution >= 4 is 11.6 Å². The number of hydrogen-bond acceptors (Lipinski definition) is 2. The Labute approximate surface area is 122 Å². The zero-order valence-corrected chi connectivity index (χ0v) is 12.4. The summed E-state index contributed by atoms with van der Waals surface area (Å²) in [5.74, 6) is -0.653. The van der Waals surface area contributed by atoms with Crippen molar-refractivity contribution in [2.45, 2.75) is 45.3 Å². The first-order valence-corrected chi connectivity index (χ1v) is 6.82. The number of benzene rings is 1. The first kappa shape index (κ1) is 17.3. The second-order valence-corrected chi connectivity index (χ2v) is 5.50. The van der Waals surface area contributed by atoms with E-state index in [4.69, 9.17) is 5.73 Å². The second kappa shape index (κ2) is 6.83. The van der Waals surface area contributed by atoms with Gasteiger partial charge < -0.3 is 10.6 Å². The molecule has 118 valence electrons. The molecule has 1 aromatic rings. The maximum absolute atomic E-state index is 12.5. The predicted molar refractivity (Wildman–Crippen MR) is 76.8 cm³/mol. The molecule has 1 aromatic carbocycles. The molecule has 21 heavy (non-hydrogen) atoms. The van der Waals surface area contributed by atoms with Crippen LogP contribution in [0.2, 0.25) is 0 Å². The van der Waals surface area contributed by atoms with Gasteiger partial charge in [-0.3, -0.25) is 4.79 Å². The molecule has 1 amide bonds. The Hall–Kier alpha value is -1.72. The Morgan fingerprint density at radius 2 is 1.71 bits per heavy atom. The van der Waals surface area contributed by atoms with Crippen LogP contribution in [0.3, 0.4) is 0 Å². The number of anilines is 1. The van der Waals surface area contributed by atoms with E-state index in [1.807, 2.05) is 6.92 Å². The fourth-order valence-corrected chi connectivity index (χ4v) is 2.07. The predicted octanol–water partition coefficient (Wildman–Crippen LogP) is 3.56. The maximum atomic E-state index is 12.5. The van der Waals surface area contributed by atoms with Crippen molar-refractivity contribution in [2.75, 3.05) is 12.3 Å². The quantitative estimate of drug-likeness (QED) is 0.845. The Balaban J connectivity index is 2.74. The van der Waals surface area contributed by atoms with Crippen LogP contribution in [0.4, 0.5) is 18.9 Å². The number of nitrogen functional groups attached to an aromatic ring is 1. The number of rotatable bonds is 5. The molecule has 0 aliphatic heterocycles. The van der Waals surface area contributed by atoms with E-state index in [-0.39, 0.29) is 12.3 Å². The van der Waals surface area contributed by atoms with Crippen molar-refractivity contribution in [3.63, 3.8) is 0 Å². The number of halogens is 3. The molecule has 1 rings (SSSR count). The minimum Gasteiger partial charge on any atom is -0.399 e. The first-order chi connectivity index (χ1) is 9.60. The van der Waals surface area contributed by atoms with Gasteiger partial charge in [0.15, 0.2) is 0 Å². The molecule has 2 N–H and O–H groups in total. The normalized spacial score (nSPS) is 13.3. The van der Waals surface area contributed by atoms with Gasteiger partial charge in [-0.25, -0.2) is 0 Å². The second-order valence-electron chi connectivity index (χ2n) is 5.50. The smallest absolute Gasteiger partial charge is 0.399 e. The molecular weight excluding hydrogens is 281 g/mol. The fourth-order valence-electron chi connectivity index (χ4n) is 2.07. The molecule has 0 saturated heterocycles. The summed E-state index contributed by atoms with van der Waals surface area (Å²) in [4.78, 5) is 13.0. The number of nitrogens with zero attached hydrogens (tertiary/aromatic N) is 1. The number of carbonyl (C=O) groups excluding carboxylic acids is 1. The topological polar surface area (TPSA) is 46.3 Å². The lowest BCUT2D eigenvalue weighted by Gasteiger charge is -2.29. The molecule has 0 bridgehead atoms. The third-order valence-electron chi connectivity index (χ3n) is 3.28. The Kier molecular flexibility index (Phi) is 5.63. The lowest BCUT2D eigenvalue weighted by atomic mass is 9.96. The summed E-state index contributed by atoms with van der Waals surface area (Å²) in [6.45, 7) is 3.77. The molecule has 6 heteroatoms. The van der Waals surface area contributed by atoms with Crippen molar-refractivity contribution in [2.24, 2.45) is 0 Å². The molecule has 0 radical (unpaired) electrons. The van der Waals surface area contributed by atoms with Gasteiger partial charge >= 0.3 is 6.18 Å². The van der Waals surface area contributed by atoms with Crippen molar-refractivity contribution in [1.29, 1.82) is 0 Å². The summed E-state index contributed by atoms with van der Waals surface area (Å²) in [6.07, 6.45) is -4.34. The zero-order valence-electron chi connectivity index (χ0n) is 12.4. The van der Waals surface area contributed by atoms with Gasteiger partial charge in [-0.15, -0.1) is 0 Å². The minimum atomic E-state index is -4.38. The Morgan fingerprint density at radius 1 is 1.19 bits per heavy atom. The summed E-state index contributed by atoms with van der Waals surface area (Å²) in [7, 11) is 0. The average Bonchev–Trinajstić information content (AvgIpc) is 2.35. The van der Waals surface area contributed by atoms with Crippen LogP contribution in [0.5, 0.6) is 0 Å². The molecule has 0 aliphatic rings. The molecule has 1 unspecified atom stereocenters. The van der Waals surface area contributed by atoms with Gasteiger partial charge in [-0.1, -0.05) is 19.1 Å². The third-order valence-corrected chi connectivity index (χ3v) is 3.28. The number of amides is 1. The monoisotopic (exact) mass is 302 g/mol. The number of hydrogen-bond donors (Lipinski definition) is 1. The highest BCUT2D eigenvalue weighted by atomic mass is 19.4. The highest BCUT2D eigenvalue weighted by Crippen LogP contribution is 2.24. The Bertz CT molecular complexity index is 469. The van der Waals surface area contributed by atoms with Crippen LogP contribution in [0.15, 0.2) is 24.3 Å².